The van der Waals surface area contributed by atoms with Gasteiger partial charge in [-0.05, 0) is 32.6 Å². The minimum atomic E-state index is -3.37. The highest BCUT2D eigenvalue weighted by Gasteiger charge is 2.39. The van der Waals surface area contributed by atoms with E-state index < -0.39 is 10.2 Å². The first-order chi connectivity index (χ1) is 12.6. The van der Waals surface area contributed by atoms with E-state index in [2.05, 4.69) is 14.9 Å². The van der Waals surface area contributed by atoms with Crippen LogP contribution in [0.15, 0.2) is 12.4 Å². The molecule has 3 aliphatic rings. The molecule has 1 aromatic heterocycles. The third-order valence-corrected chi connectivity index (χ3v) is 7.47. The lowest BCUT2D eigenvalue weighted by molar-refractivity contribution is 0.0696. The van der Waals surface area contributed by atoms with Crippen molar-refractivity contribution in [2.45, 2.75) is 44.7 Å². The molecule has 1 aromatic rings. The van der Waals surface area contributed by atoms with Gasteiger partial charge in [0.15, 0.2) is 0 Å². The number of aromatic nitrogens is 2. The molecular formula is C17H27N5O3S. The van der Waals surface area contributed by atoms with Crippen LogP contribution in [0.25, 0.3) is 0 Å². The maximum Gasteiger partial charge on any atom is 0.282 e. The fraction of sp³-hybridized carbons (Fsp3) is 0.765. The highest BCUT2D eigenvalue weighted by atomic mass is 32.2. The number of nitrogens with zero attached hydrogens (tertiary/aromatic N) is 5. The fourth-order valence-corrected chi connectivity index (χ4v) is 5.51. The van der Waals surface area contributed by atoms with Crippen molar-refractivity contribution in [3.8, 4) is 0 Å². The average Bonchev–Trinajstić information content (AvgIpc) is 3.48. The van der Waals surface area contributed by atoms with Crippen LogP contribution in [0.1, 0.15) is 31.4 Å². The van der Waals surface area contributed by atoms with Crippen LogP contribution < -0.4 is 4.90 Å². The summed E-state index contributed by atoms with van der Waals surface area (Å²) in [5.74, 6) is 0.981. The summed E-state index contributed by atoms with van der Waals surface area (Å²) in [5, 5.41) is 0. The maximum atomic E-state index is 12.8. The first kappa shape index (κ1) is 18.1. The SMILES string of the molecule is Cc1cc(N(C2CC2)C2CCN(S(=O)(=O)N3CCOCC3)CC2)ncn1. The van der Waals surface area contributed by atoms with Gasteiger partial charge in [-0.2, -0.15) is 17.0 Å². The Morgan fingerprint density at radius 2 is 1.62 bits per heavy atom. The largest absolute Gasteiger partial charge is 0.379 e. The monoisotopic (exact) mass is 381 g/mol. The number of ether oxygens (including phenoxy) is 1. The molecule has 0 spiro atoms. The molecule has 8 nitrogen and oxygen atoms in total. The molecule has 0 unspecified atom stereocenters. The van der Waals surface area contributed by atoms with Gasteiger partial charge in [0, 0.05) is 50.0 Å². The van der Waals surface area contributed by atoms with Gasteiger partial charge in [0.05, 0.1) is 13.2 Å². The molecule has 0 radical (unpaired) electrons. The van der Waals surface area contributed by atoms with Gasteiger partial charge in [-0.15, -0.1) is 0 Å². The summed E-state index contributed by atoms with van der Waals surface area (Å²) in [6, 6.07) is 2.92. The number of anilines is 1. The van der Waals surface area contributed by atoms with E-state index in [0.29, 0.717) is 51.5 Å². The highest BCUT2D eigenvalue weighted by molar-refractivity contribution is 7.86. The Morgan fingerprint density at radius 3 is 2.23 bits per heavy atom. The van der Waals surface area contributed by atoms with E-state index in [9.17, 15) is 8.42 Å². The summed E-state index contributed by atoms with van der Waals surface area (Å²) >= 11 is 0. The van der Waals surface area contributed by atoms with Crippen molar-refractivity contribution < 1.29 is 13.2 Å². The number of aryl methyl sites for hydroxylation is 1. The topological polar surface area (TPSA) is 78.9 Å². The first-order valence-corrected chi connectivity index (χ1v) is 10.9. The number of rotatable bonds is 5. The fourth-order valence-electron chi connectivity index (χ4n) is 3.90. The molecule has 2 aliphatic heterocycles. The van der Waals surface area contributed by atoms with Crippen LogP contribution in [0.5, 0.6) is 0 Å². The molecule has 2 saturated heterocycles. The molecule has 26 heavy (non-hydrogen) atoms. The molecule has 3 fully saturated rings. The van der Waals surface area contributed by atoms with Crippen molar-refractivity contribution in [1.29, 1.82) is 0 Å². The van der Waals surface area contributed by atoms with Crippen LogP contribution in [0.4, 0.5) is 5.82 Å². The second-order valence-corrected chi connectivity index (χ2v) is 9.23. The lowest BCUT2D eigenvalue weighted by Crippen LogP contribution is -2.53. The van der Waals surface area contributed by atoms with Crippen LogP contribution in [0.3, 0.4) is 0 Å². The van der Waals surface area contributed by atoms with Crippen molar-refractivity contribution in [2.24, 2.45) is 0 Å². The second kappa shape index (κ2) is 7.38. The Kier molecular flexibility index (Phi) is 5.13. The normalized spacial score (nSPS) is 23.9. The maximum absolute atomic E-state index is 12.8. The van der Waals surface area contributed by atoms with E-state index in [-0.39, 0.29) is 0 Å². The van der Waals surface area contributed by atoms with E-state index in [1.165, 1.54) is 12.8 Å². The molecule has 1 aliphatic carbocycles. The summed E-state index contributed by atoms with van der Waals surface area (Å²) < 4.78 is 34.2. The average molecular weight is 382 g/mol. The minimum absolute atomic E-state index is 0.341. The highest BCUT2D eigenvalue weighted by Crippen LogP contribution is 2.35. The molecule has 0 N–H and O–H groups in total. The van der Waals surface area contributed by atoms with Gasteiger partial charge in [-0.25, -0.2) is 9.97 Å². The summed E-state index contributed by atoms with van der Waals surface area (Å²) in [6.07, 6.45) is 5.68. The van der Waals surface area contributed by atoms with Gasteiger partial charge in [0.1, 0.15) is 12.1 Å². The van der Waals surface area contributed by atoms with Crippen molar-refractivity contribution in [3.05, 3.63) is 18.1 Å². The molecule has 0 aromatic carbocycles. The van der Waals surface area contributed by atoms with Crippen molar-refractivity contribution in [3.63, 3.8) is 0 Å². The van der Waals surface area contributed by atoms with E-state index in [1.54, 1.807) is 14.9 Å². The van der Waals surface area contributed by atoms with Crippen molar-refractivity contribution in [1.82, 2.24) is 18.6 Å². The molecule has 1 saturated carbocycles. The number of morpholine rings is 1. The summed E-state index contributed by atoms with van der Waals surface area (Å²) in [7, 11) is -3.37. The quantitative estimate of drug-likeness (QED) is 0.751. The Balaban J connectivity index is 1.43. The summed E-state index contributed by atoms with van der Waals surface area (Å²) in [6.45, 7) is 4.99. The van der Waals surface area contributed by atoms with Crippen LogP contribution in [-0.2, 0) is 14.9 Å². The third-order valence-electron chi connectivity index (χ3n) is 5.43. The summed E-state index contributed by atoms with van der Waals surface area (Å²) in [5.41, 5.74) is 0.966. The first-order valence-electron chi connectivity index (χ1n) is 9.45. The van der Waals surface area contributed by atoms with Gasteiger partial charge >= 0.3 is 0 Å². The molecule has 4 rings (SSSR count). The molecule has 3 heterocycles. The molecule has 144 valence electrons. The van der Waals surface area contributed by atoms with E-state index in [4.69, 9.17) is 4.74 Å². The Bertz CT molecular complexity index is 726. The Morgan fingerprint density at radius 1 is 1.00 bits per heavy atom. The van der Waals surface area contributed by atoms with Gasteiger partial charge < -0.3 is 9.64 Å². The van der Waals surface area contributed by atoms with E-state index in [1.807, 2.05) is 13.0 Å². The zero-order chi connectivity index (χ0) is 18.1. The molecule has 0 bridgehead atoms. The molecule has 9 heteroatoms. The zero-order valence-electron chi connectivity index (χ0n) is 15.2. The second-order valence-electron chi connectivity index (χ2n) is 7.31. The summed E-state index contributed by atoms with van der Waals surface area (Å²) in [4.78, 5) is 11.1. The van der Waals surface area contributed by atoms with Crippen molar-refractivity contribution >= 4 is 16.0 Å². The minimum Gasteiger partial charge on any atom is -0.379 e. The lowest BCUT2D eigenvalue weighted by Gasteiger charge is -2.40. The van der Waals surface area contributed by atoms with Crippen LogP contribution in [0, 0.1) is 6.92 Å². The standard InChI is InChI=1S/C17H27N5O3S/c1-14-12-17(19-13-18-14)22(15-2-3-15)16-4-6-20(7-5-16)26(23,24)21-8-10-25-11-9-21/h12-13,15-16H,2-11H2,1H3. The van der Waals surface area contributed by atoms with Gasteiger partial charge in [-0.1, -0.05) is 0 Å². The molecular weight excluding hydrogens is 354 g/mol. The Labute approximate surface area is 155 Å². The molecule has 0 atom stereocenters. The predicted molar refractivity (Wildman–Crippen MR) is 98.2 cm³/mol. The molecule has 0 amide bonds. The zero-order valence-corrected chi connectivity index (χ0v) is 16.1. The number of piperidine rings is 1. The van der Waals surface area contributed by atoms with Crippen LogP contribution in [0.2, 0.25) is 0 Å². The van der Waals surface area contributed by atoms with Crippen LogP contribution in [-0.4, -0.2) is 78.5 Å². The predicted octanol–water partition coefficient (Wildman–Crippen LogP) is 0.795. The van der Waals surface area contributed by atoms with Crippen molar-refractivity contribution in [2.75, 3.05) is 44.3 Å². The van der Waals surface area contributed by atoms with Gasteiger partial charge in [0.2, 0.25) is 0 Å². The number of hydrogen-bond donors (Lipinski definition) is 0. The van der Waals surface area contributed by atoms with E-state index in [0.717, 1.165) is 24.4 Å². The van der Waals surface area contributed by atoms with E-state index >= 15 is 0 Å². The van der Waals surface area contributed by atoms with Gasteiger partial charge in [-0.3, -0.25) is 0 Å². The smallest absolute Gasteiger partial charge is 0.282 e. The lowest BCUT2D eigenvalue weighted by atomic mass is 10.0. The number of hydrogen-bond acceptors (Lipinski definition) is 6. The van der Waals surface area contributed by atoms with Crippen LogP contribution >= 0.6 is 0 Å². The Hall–Kier alpha value is -1.29. The van der Waals surface area contributed by atoms with Gasteiger partial charge in [0.25, 0.3) is 10.2 Å². The third kappa shape index (κ3) is 3.71.